The van der Waals surface area contributed by atoms with Crippen LogP contribution in [0.15, 0.2) is 53.9 Å². The van der Waals surface area contributed by atoms with Gasteiger partial charge in [0.25, 0.3) is 0 Å². The summed E-state index contributed by atoms with van der Waals surface area (Å²) in [6.07, 6.45) is 3.82. The summed E-state index contributed by atoms with van der Waals surface area (Å²) in [5, 5.41) is 0. The molecule has 0 fully saturated rings. The van der Waals surface area contributed by atoms with Crippen molar-refractivity contribution >= 4 is 17.8 Å². The molecular formula is C16H11N. The van der Waals surface area contributed by atoms with Crippen LogP contribution in [0.5, 0.6) is 0 Å². The lowest BCUT2D eigenvalue weighted by molar-refractivity contribution is 1.56. The van der Waals surface area contributed by atoms with Crippen LogP contribution in [0.4, 0.5) is 5.69 Å². The Morgan fingerprint density at radius 3 is 2.24 bits per heavy atom. The summed E-state index contributed by atoms with van der Waals surface area (Å²) < 4.78 is 0. The van der Waals surface area contributed by atoms with E-state index >= 15 is 0 Å². The maximum absolute atomic E-state index is 5.97. The maximum Gasteiger partial charge on any atom is 0.0400 e. The molecule has 0 aromatic heterocycles. The molecule has 3 rings (SSSR count). The van der Waals surface area contributed by atoms with Gasteiger partial charge in [0.05, 0.1) is 0 Å². The summed E-state index contributed by atoms with van der Waals surface area (Å²) in [5.41, 5.74) is 17.2. The van der Waals surface area contributed by atoms with E-state index in [1.165, 1.54) is 11.1 Å². The number of hydrogen-bond donors (Lipinski definition) is 1. The van der Waals surface area contributed by atoms with Crippen LogP contribution in [-0.2, 0) is 0 Å². The van der Waals surface area contributed by atoms with Crippen molar-refractivity contribution in [2.75, 3.05) is 5.73 Å². The van der Waals surface area contributed by atoms with Gasteiger partial charge in [-0.25, -0.2) is 0 Å². The summed E-state index contributed by atoms with van der Waals surface area (Å²) in [6, 6.07) is 14.3. The summed E-state index contributed by atoms with van der Waals surface area (Å²) in [4.78, 5) is 0. The fourth-order valence-corrected chi connectivity index (χ4v) is 2.07. The summed E-state index contributed by atoms with van der Waals surface area (Å²) in [5.74, 6) is 0. The molecule has 0 radical (unpaired) electrons. The molecule has 2 aromatic rings. The number of benzene rings is 2. The quantitative estimate of drug-likeness (QED) is 0.488. The summed E-state index contributed by atoms with van der Waals surface area (Å²) in [7, 11) is 0. The highest BCUT2D eigenvalue weighted by Crippen LogP contribution is 2.32. The molecule has 0 amide bonds. The molecule has 0 heterocycles. The average molecular weight is 217 g/mol. The monoisotopic (exact) mass is 217 g/mol. The van der Waals surface area contributed by atoms with E-state index in [1.54, 1.807) is 0 Å². The van der Waals surface area contributed by atoms with Crippen LogP contribution in [0.2, 0.25) is 0 Å². The van der Waals surface area contributed by atoms with Gasteiger partial charge in [-0.3, -0.25) is 0 Å². The number of nitrogen functional groups attached to an aromatic ring is 1. The second-order valence-electron chi connectivity index (χ2n) is 3.97. The largest absolute Gasteiger partial charge is 0.398 e. The number of rotatable bonds is 1. The molecular weight excluding hydrogens is 206 g/mol. The standard InChI is InChI=1S/C16H11N/c17-16-11-10-13(12-6-2-1-3-7-12)14-8-4-5-9-15(14)16/h1-3,6-11H,17H2. The van der Waals surface area contributed by atoms with Crippen LogP contribution in [-0.4, -0.2) is 0 Å². The van der Waals surface area contributed by atoms with Gasteiger partial charge in [0, 0.05) is 16.8 Å². The highest BCUT2D eigenvalue weighted by Gasteiger charge is 2.10. The van der Waals surface area contributed by atoms with Crippen LogP contribution < -0.4 is 5.73 Å². The minimum atomic E-state index is 0.782. The molecule has 1 aliphatic carbocycles. The first-order chi connectivity index (χ1) is 8.36. The second-order valence-corrected chi connectivity index (χ2v) is 3.97. The first kappa shape index (κ1) is 9.74. The van der Waals surface area contributed by atoms with Crippen LogP contribution in [0.25, 0.3) is 23.3 Å². The molecule has 1 heteroatoms. The Hall–Kier alpha value is -2.46. The predicted molar refractivity (Wildman–Crippen MR) is 72.2 cm³/mol. The Bertz CT molecular complexity index is 668. The van der Waals surface area contributed by atoms with Crippen molar-refractivity contribution in [2.24, 2.45) is 0 Å². The highest BCUT2D eigenvalue weighted by atomic mass is 14.6. The molecule has 2 N–H and O–H groups in total. The Balaban J connectivity index is 2.29. The van der Waals surface area contributed by atoms with E-state index in [4.69, 9.17) is 5.73 Å². The molecule has 0 bridgehead atoms. The predicted octanol–water partition coefficient (Wildman–Crippen LogP) is 3.73. The van der Waals surface area contributed by atoms with Gasteiger partial charge in [-0.15, -0.1) is 0 Å². The normalized spacial score (nSPS) is 11.5. The van der Waals surface area contributed by atoms with Crippen molar-refractivity contribution in [2.45, 2.75) is 0 Å². The zero-order valence-corrected chi connectivity index (χ0v) is 9.27. The topological polar surface area (TPSA) is 26.0 Å². The molecule has 17 heavy (non-hydrogen) atoms. The van der Waals surface area contributed by atoms with E-state index in [9.17, 15) is 0 Å². The van der Waals surface area contributed by atoms with Gasteiger partial charge >= 0.3 is 0 Å². The van der Waals surface area contributed by atoms with Crippen LogP contribution in [0.3, 0.4) is 0 Å². The smallest absolute Gasteiger partial charge is 0.0400 e. The minimum Gasteiger partial charge on any atom is -0.398 e. The van der Waals surface area contributed by atoms with Gasteiger partial charge in [-0.05, 0) is 29.3 Å². The summed E-state index contributed by atoms with van der Waals surface area (Å²) >= 11 is 0. The molecule has 0 atom stereocenters. The first-order valence-corrected chi connectivity index (χ1v) is 5.51. The SMILES string of the molecule is Nc1ccc(-c2ccccc2)c2c1C=C=C=C2. The van der Waals surface area contributed by atoms with Gasteiger partial charge in [0.1, 0.15) is 0 Å². The van der Waals surface area contributed by atoms with Crippen molar-refractivity contribution < 1.29 is 0 Å². The number of nitrogens with two attached hydrogens (primary N) is 1. The molecule has 1 nitrogen and oxygen atoms in total. The van der Waals surface area contributed by atoms with E-state index < -0.39 is 0 Å². The third kappa shape index (κ3) is 1.60. The first-order valence-electron chi connectivity index (χ1n) is 5.51. The Morgan fingerprint density at radius 1 is 0.765 bits per heavy atom. The fourth-order valence-electron chi connectivity index (χ4n) is 2.07. The van der Waals surface area contributed by atoms with Gasteiger partial charge < -0.3 is 5.73 Å². The second kappa shape index (κ2) is 3.84. The van der Waals surface area contributed by atoms with Crippen LogP contribution in [0, 0.1) is 0 Å². The third-order valence-electron chi connectivity index (χ3n) is 2.92. The Kier molecular flexibility index (Phi) is 2.20. The van der Waals surface area contributed by atoms with Crippen LogP contribution in [0.1, 0.15) is 11.1 Å². The molecule has 1 aliphatic rings. The van der Waals surface area contributed by atoms with Crippen molar-refractivity contribution in [1.29, 1.82) is 0 Å². The lowest BCUT2D eigenvalue weighted by atomic mass is 9.93. The molecule has 0 saturated carbocycles. The van der Waals surface area contributed by atoms with Crippen molar-refractivity contribution in [1.82, 2.24) is 0 Å². The van der Waals surface area contributed by atoms with Gasteiger partial charge in [0.15, 0.2) is 0 Å². The molecule has 80 valence electrons. The summed E-state index contributed by atoms with van der Waals surface area (Å²) in [6.45, 7) is 0. The number of anilines is 1. The van der Waals surface area contributed by atoms with E-state index in [0.29, 0.717) is 0 Å². The van der Waals surface area contributed by atoms with E-state index in [2.05, 4.69) is 29.7 Å². The van der Waals surface area contributed by atoms with E-state index in [1.807, 2.05) is 36.4 Å². The van der Waals surface area contributed by atoms with Gasteiger partial charge in [-0.2, -0.15) is 0 Å². The van der Waals surface area contributed by atoms with Gasteiger partial charge in [0.2, 0.25) is 0 Å². The Labute approximate surface area is 100 Å². The number of fused-ring (bicyclic) bond motifs is 1. The molecule has 2 aromatic carbocycles. The third-order valence-corrected chi connectivity index (χ3v) is 2.92. The molecule has 0 saturated heterocycles. The van der Waals surface area contributed by atoms with E-state index in [-0.39, 0.29) is 0 Å². The molecule has 0 spiro atoms. The van der Waals surface area contributed by atoms with Crippen molar-refractivity contribution in [3.63, 3.8) is 0 Å². The van der Waals surface area contributed by atoms with Crippen molar-refractivity contribution in [3.05, 3.63) is 65.1 Å². The fraction of sp³-hybridized carbons (Fsp3) is 0. The lowest BCUT2D eigenvalue weighted by Crippen LogP contribution is -1.95. The highest BCUT2D eigenvalue weighted by molar-refractivity contribution is 5.86. The van der Waals surface area contributed by atoms with Crippen molar-refractivity contribution in [3.8, 4) is 11.1 Å². The maximum atomic E-state index is 5.97. The Morgan fingerprint density at radius 2 is 1.47 bits per heavy atom. The minimum absolute atomic E-state index is 0.782. The lowest BCUT2D eigenvalue weighted by Gasteiger charge is -2.12. The van der Waals surface area contributed by atoms with E-state index in [0.717, 1.165) is 16.8 Å². The van der Waals surface area contributed by atoms with Crippen LogP contribution >= 0.6 is 0 Å². The average Bonchev–Trinajstić information content (AvgIpc) is 2.41. The zero-order valence-electron chi connectivity index (χ0n) is 9.27. The number of hydrogen-bond acceptors (Lipinski definition) is 1. The van der Waals surface area contributed by atoms with Gasteiger partial charge in [-0.1, -0.05) is 47.9 Å². The zero-order chi connectivity index (χ0) is 11.7. The molecule has 0 unspecified atom stereocenters. The molecule has 0 aliphatic heterocycles.